The molecule has 1 aromatic heterocycles. The molecule has 2 N–H and O–H groups in total. The van der Waals surface area contributed by atoms with Gasteiger partial charge in [-0.25, -0.2) is 4.98 Å². The van der Waals surface area contributed by atoms with E-state index in [9.17, 15) is 20.3 Å². The summed E-state index contributed by atoms with van der Waals surface area (Å²) in [6.45, 7) is 5.35. The monoisotopic (exact) mass is 572 g/mol. The number of anilines is 1. The molecule has 1 amide bonds. The van der Waals surface area contributed by atoms with Crippen molar-refractivity contribution in [2.75, 3.05) is 31.1 Å². The molecular weight excluding hydrogens is 536 g/mol. The number of aryl methyl sites for hydroxylation is 1. The smallest absolute Gasteiger partial charge is 0.253 e. The number of hydrogen-bond donors (Lipinski definition) is 2. The Morgan fingerprint density at radius 1 is 1.12 bits per heavy atom. The molecule has 2 aliphatic heterocycles. The predicted octanol–water partition coefficient (Wildman–Crippen LogP) is 4.97. The summed E-state index contributed by atoms with van der Waals surface area (Å²) in [5.41, 5.74) is 4.55. The Morgan fingerprint density at radius 2 is 1.88 bits per heavy atom. The number of aliphatic hydroxyl groups excluding tert-OH is 1. The van der Waals surface area contributed by atoms with Gasteiger partial charge >= 0.3 is 0 Å². The molecule has 41 heavy (non-hydrogen) atoms. The Kier molecular flexibility index (Phi) is 7.98. The highest BCUT2D eigenvalue weighted by molar-refractivity contribution is 7.14. The van der Waals surface area contributed by atoms with Gasteiger partial charge in [-0.15, -0.1) is 11.3 Å². The highest BCUT2D eigenvalue weighted by Gasteiger charge is 2.45. The normalized spacial score (nSPS) is 22.2. The maximum Gasteiger partial charge on any atom is 0.253 e. The van der Waals surface area contributed by atoms with Crippen LogP contribution >= 0.6 is 11.3 Å². The van der Waals surface area contributed by atoms with E-state index in [1.165, 1.54) is 0 Å². The molecule has 1 aliphatic carbocycles. The van der Waals surface area contributed by atoms with Crippen LogP contribution in [0, 0.1) is 36.0 Å². The van der Waals surface area contributed by atoms with E-state index in [2.05, 4.69) is 17.0 Å². The molecule has 214 valence electrons. The molecule has 3 aliphatic rings. The average molecular weight is 573 g/mol. The Bertz CT molecular complexity index is 1440. The van der Waals surface area contributed by atoms with Gasteiger partial charge in [-0.3, -0.25) is 4.79 Å². The fourth-order valence-electron chi connectivity index (χ4n) is 6.79. The lowest BCUT2D eigenvalue weighted by atomic mass is 9.85. The quantitative estimate of drug-likeness (QED) is 0.385. The van der Waals surface area contributed by atoms with E-state index in [1.807, 2.05) is 35.4 Å². The number of benzene rings is 2. The number of nitriles is 1. The van der Waals surface area contributed by atoms with Crippen LogP contribution in [0.4, 0.5) is 5.13 Å². The number of amides is 1. The van der Waals surface area contributed by atoms with Gasteiger partial charge in [0.25, 0.3) is 5.91 Å². The topological polar surface area (TPSA) is 110 Å². The zero-order chi connectivity index (χ0) is 28.5. The van der Waals surface area contributed by atoms with E-state index >= 15 is 0 Å². The fourth-order valence-corrected chi connectivity index (χ4v) is 7.63. The SMILES string of the molecule is Cc1ccc(OCc2ccc(C(=O)N3CCCCC3)cc2C#N)c(-c2csc(N3CC4CCC(C3)C4C(O)O)n2)c1. The van der Waals surface area contributed by atoms with Crippen LogP contribution in [0.1, 0.15) is 59.2 Å². The van der Waals surface area contributed by atoms with E-state index in [0.717, 1.165) is 85.8 Å². The number of ether oxygens (including phenoxy) is 1. The minimum absolute atomic E-state index is 0.0152. The molecule has 0 spiro atoms. The summed E-state index contributed by atoms with van der Waals surface area (Å²) < 4.78 is 6.28. The van der Waals surface area contributed by atoms with Gasteiger partial charge in [-0.2, -0.15) is 5.26 Å². The van der Waals surface area contributed by atoms with Crippen LogP contribution in [0.25, 0.3) is 11.3 Å². The minimum Gasteiger partial charge on any atom is -0.488 e. The molecule has 2 unspecified atom stereocenters. The van der Waals surface area contributed by atoms with Gasteiger partial charge in [0.2, 0.25) is 0 Å². The minimum atomic E-state index is -1.25. The molecule has 3 aromatic rings. The summed E-state index contributed by atoms with van der Waals surface area (Å²) in [6.07, 6.45) is 4.00. The molecule has 1 saturated carbocycles. The number of rotatable bonds is 7. The number of likely N-dealkylation sites (tertiary alicyclic amines) is 1. The Labute approximate surface area is 244 Å². The third-order valence-corrected chi connectivity index (χ3v) is 9.83. The molecule has 9 heteroatoms. The second-order valence-corrected chi connectivity index (χ2v) is 12.5. The zero-order valence-electron chi connectivity index (χ0n) is 23.3. The van der Waals surface area contributed by atoms with Crippen molar-refractivity contribution in [3.8, 4) is 23.1 Å². The van der Waals surface area contributed by atoms with Crippen LogP contribution in [-0.4, -0.2) is 58.5 Å². The van der Waals surface area contributed by atoms with Crippen molar-refractivity contribution in [3.05, 3.63) is 64.0 Å². The van der Waals surface area contributed by atoms with Crippen molar-refractivity contribution in [1.29, 1.82) is 5.26 Å². The number of aromatic nitrogens is 1. The summed E-state index contributed by atoms with van der Waals surface area (Å²) >= 11 is 1.60. The molecule has 8 nitrogen and oxygen atoms in total. The Balaban J connectivity index is 1.18. The third-order valence-electron chi connectivity index (χ3n) is 8.93. The van der Waals surface area contributed by atoms with Crippen molar-refractivity contribution in [3.63, 3.8) is 0 Å². The predicted molar refractivity (Wildman–Crippen MR) is 158 cm³/mol. The fraction of sp³-hybridized carbons (Fsp3) is 0.469. The molecule has 2 saturated heterocycles. The number of piperidine rings is 2. The number of thiazole rings is 1. The molecule has 3 heterocycles. The largest absolute Gasteiger partial charge is 0.488 e. The van der Waals surface area contributed by atoms with E-state index in [0.29, 0.717) is 16.9 Å². The van der Waals surface area contributed by atoms with Crippen LogP contribution in [0.15, 0.2) is 41.8 Å². The number of nitrogens with zero attached hydrogens (tertiary/aromatic N) is 4. The van der Waals surface area contributed by atoms with E-state index in [1.54, 1.807) is 23.5 Å². The first-order chi connectivity index (χ1) is 19.9. The Morgan fingerprint density at radius 3 is 2.59 bits per heavy atom. The lowest BCUT2D eigenvalue weighted by Crippen LogP contribution is -2.46. The summed E-state index contributed by atoms with van der Waals surface area (Å²) in [7, 11) is 0. The number of aliphatic hydroxyl groups is 2. The highest BCUT2D eigenvalue weighted by Crippen LogP contribution is 2.45. The second kappa shape index (κ2) is 11.8. The first kappa shape index (κ1) is 27.7. The molecule has 6 rings (SSSR count). The first-order valence-corrected chi connectivity index (χ1v) is 15.4. The van der Waals surface area contributed by atoms with Crippen molar-refractivity contribution in [1.82, 2.24) is 9.88 Å². The molecule has 2 atom stereocenters. The van der Waals surface area contributed by atoms with Gasteiger partial charge in [0.15, 0.2) is 11.4 Å². The number of hydrogen-bond acceptors (Lipinski definition) is 8. The summed E-state index contributed by atoms with van der Waals surface area (Å²) in [5.74, 6) is 1.17. The van der Waals surface area contributed by atoms with Gasteiger partial charge in [0.1, 0.15) is 12.4 Å². The van der Waals surface area contributed by atoms with Gasteiger partial charge < -0.3 is 24.7 Å². The first-order valence-electron chi connectivity index (χ1n) is 14.5. The van der Waals surface area contributed by atoms with Crippen LogP contribution in [0.2, 0.25) is 0 Å². The van der Waals surface area contributed by atoms with E-state index < -0.39 is 6.29 Å². The molecule has 0 radical (unpaired) electrons. The van der Waals surface area contributed by atoms with Crippen LogP contribution in [-0.2, 0) is 6.61 Å². The second-order valence-electron chi connectivity index (χ2n) is 11.6. The Hall–Kier alpha value is -3.45. The van der Waals surface area contributed by atoms with E-state index in [4.69, 9.17) is 9.72 Å². The molecule has 2 bridgehead atoms. The highest BCUT2D eigenvalue weighted by atomic mass is 32.1. The molecular formula is C32H36N4O4S. The maximum atomic E-state index is 12.9. The van der Waals surface area contributed by atoms with Gasteiger partial charge in [-0.1, -0.05) is 17.7 Å². The van der Waals surface area contributed by atoms with E-state index in [-0.39, 0.29) is 30.3 Å². The molecule has 3 fully saturated rings. The van der Waals surface area contributed by atoms with Crippen LogP contribution in [0.5, 0.6) is 5.75 Å². The summed E-state index contributed by atoms with van der Waals surface area (Å²) in [4.78, 5) is 22.1. The van der Waals surface area contributed by atoms with Crippen LogP contribution < -0.4 is 9.64 Å². The maximum absolute atomic E-state index is 12.9. The van der Waals surface area contributed by atoms with Crippen molar-refractivity contribution >= 4 is 22.4 Å². The lowest BCUT2D eigenvalue weighted by Gasteiger charge is -2.38. The van der Waals surface area contributed by atoms with Crippen molar-refractivity contribution < 1.29 is 19.7 Å². The average Bonchev–Trinajstić information content (AvgIpc) is 3.59. The number of fused-ring (bicyclic) bond motifs is 2. The summed E-state index contributed by atoms with van der Waals surface area (Å²) in [6, 6.07) is 13.6. The van der Waals surface area contributed by atoms with Crippen molar-refractivity contribution in [2.24, 2.45) is 17.8 Å². The van der Waals surface area contributed by atoms with Gasteiger partial charge in [-0.05, 0) is 75.1 Å². The standard InChI is InChI=1S/C32H36N4O4S/c1-20-5-10-28(40-18-24-9-6-21(14-25(24)15-33)30(37)35-11-3-2-4-12-35)26(13-20)27-19-41-32(34-27)36-16-22-7-8-23(17-36)29(22)31(38)39/h5-6,9-10,13-14,19,22-23,29,31,38-39H,2-4,7-8,11-12,16-18H2,1H3. The van der Waals surface area contributed by atoms with Gasteiger partial charge in [0, 0.05) is 54.2 Å². The zero-order valence-corrected chi connectivity index (χ0v) is 24.1. The number of carbonyl (C=O) groups excluding carboxylic acids is 1. The summed E-state index contributed by atoms with van der Waals surface area (Å²) in [5, 5.41) is 32.5. The molecule has 2 aromatic carbocycles. The third kappa shape index (κ3) is 5.69. The number of carbonyl (C=O) groups is 1. The lowest BCUT2D eigenvalue weighted by molar-refractivity contribution is -0.109. The van der Waals surface area contributed by atoms with Gasteiger partial charge in [0.05, 0.1) is 17.3 Å². The van der Waals surface area contributed by atoms with Crippen molar-refractivity contribution in [2.45, 2.75) is 51.9 Å². The van der Waals surface area contributed by atoms with Crippen LogP contribution in [0.3, 0.4) is 0 Å².